The SMILES string of the molecule is CCCCCCN=C(NCC)NCCC1=CCOCC1.I. The third-order valence-corrected chi connectivity index (χ3v) is 3.42. The summed E-state index contributed by atoms with van der Waals surface area (Å²) in [6.07, 6.45) is 9.44. The molecule has 0 aromatic carbocycles. The molecule has 1 heterocycles. The minimum Gasteiger partial charge on any atom is -0.377 e. The van der Waals surface area contributed by atoms with Crippen LogP contribution >= 0.6 is 24.0 Å². The topological polar surface area (TPSA) is 45.7 Å². The van der Waals surface area contributed by atoms with Crippen LogP contribution in [0.2, 0.25) is 0 Å². The normalized spacial score (nSPS) is 15.1. The molecular formula is C16H32IN3O. The fourth-order valence-corrected chi connectivity index (χ4v) is 2.21. The van der Waals surface area contributed by atoms with Crippen molar-refractivity contribution in [2.75, 3.05) is 32.8 Å². The van der Waals surface area contributed by atoms with E-state index in [1.165, 1.54) is 31.3 Å². The lowest BCUT2D eigenvalue weighted by atomic mass is 10.1. The van der Waals surface area contributed by atoms with Gasteiger partial charge in [-0.15, -0.1) is 24.0 Å². The summed E-state index contributed by atoms with van der Waals surface area (Å²) in [6, 6.07) is 0. The van der Waals surface area contributed by atoms with Crippen molar-refractivity contribution in [2.24, 2.45) is 4.99 Å². The van der Waals surface area contributed by atoms with Crippen molar-refractivity contribution in [3.05, 3.63) is 11.6 Å². The summed E-state index contributed by atoms with van der Waals surface area (Å²) in [4.78, 5) is 4.62. The van der Waals surface area contributed by atoms with Gasteiger partial charge in [-0.1, -0.05) is 37.8 Å². The summed E-state index contributed by atoms with van der Waals surface area (Å²) < 4.78 is 5.32. The summed E-state index contributed by atoms with van der Waals surface area (Å²) in [7, 11) is 0. The Bertz CT molecular complexity index is 306. The zero-order valence-electron chi connectivity index (χ0n) is 13.6. The van der Waals surface area contributed by atoms with Gasteiger partial charge < -0.3 is 15.4 Å². The predicted octanol–water partition coefficient (Wildman–Crippen LogP) is 3.48. The van der Waals surface area contributed by atoms with Crippen molar-refractivity contribution in [2.45, 2.75) is 52.4 Å². The van der Waals surface area contributed by atoms with Crippen LogP contribution in [0, 0.1) is 0 Å². The average Bonchev–Trinajstić information content (AvgIpc) is 2.48. The number of guanidine groups is 1. The van der Waals surface area contributed by atoms with Gasteiger partial charge in [0.05, 0.1) is 13.2 Å². The Hall–Kier alpha value is -0.300. The van der Waals surface area contributed by atoms with E-state index in [1.807, 2.05) is 0 Å². The second-order valence-corrected chi connectivity index (χ2v) is 5.19. The number of unbranched alkanes of at least 4 members (excludes halogenated alkanes) is 3. The van der Waals surface area contributed by atoms with Crippen LogP contribution < -0.4 is 10.6 Å². The highest BCUT2D eigenvalue weighted by molar-refractivity contribution is 14.0. The number of halogens is 1. The van der Waals surface area contributed by atoms with Crippen LogP contribution in [0.3, 0.4) is 0 Å². The molecule has 1 aliphatic heterocycles. The summed E-state index contributed by atoms with van der Waals surface area (Å²) in [5.74, 6) is 0.955. The molecule has 0 spiro atoms. The molecule has 21 heavy (non-hydrogen) atoms. The quantitative estimate of drug-likeness (QED) is 0.202. The van der Waals surface area contributed by atoms with Crippen molar-refractivity contribution in [3.8, 4) is 0 Å². The third kappa shape index (κ3) is 11.0. The van der Waals surface area contributed by atoms with Gasteiger partial charge in [0.25, 0.3) is 0 Å². The van der Waals surface area contributed by atoms with Crippen molar-refractivity contribution in [3.63, 3.8) is 0 Å². The van der Waals surface area contributed by atoms with Gasteiger partial charge in [-0.2, -0.15) is 0 Å². The molecule has 0 radical (unpaired) electrons. The molecule has 0 saturated heterocycles. The molecule has 0 saturated carbocycles. The van der Waals surface area contributed by atoms with Gasteiger partial charge in [0, 0.05) is 19.6 Å². The lowest BCUT2D eigenvalue weighted by Gasteiger charge is -2.15. The van der Waals surface area contributed by atoms with E-state index in [4.69, 9.17) is 4.74 Å². The molecule has 1 rings (SSSR count). The maximum absolute atomic E-state index is 5.32. The van der Waals surface area contributed by atoms with Crippen molar-refractivity contribution in [1.82, 2.24) is 10.6 Å². The second-order valence-electron chi connectivity index (χ2n) is 5.19. The molecule has 0 unspecified atom stereocenters. The van der Waals surface area contributed by atoms with Crippen molar-refractivity contribution in [1.29, 1.82) is 0 Å². The number of nitrogens with zero attached hydrogens (tertiary/aromatic N) is 1. The van der Waals surface area contributed by atoms with E-state index in [1.54, 1.807) is 0 Å². The lowest BCUT2D eigenvalue weighted by Crippen LogP contribution is -2.38. The molecule has 0 amide bonds. The van der Waals surface area contributed by atoms with Gasteiger partial charge in [0.2, 0.25) is 0 Å². The van der Waals surface area contributed by atoms with E-state index in [2.05, 4.69) is 35.5 Å². The highest BCUT2D eigenvalue weighted by atomic mass is 127. The number of hydrogen-bond donors (Lipinski definition) is 2. The van der Waals surface area contributed by atoms with Crippen LogP contribution in [0.1, 0.15) is 52.4 Å². The Kier molecular flexibility index (Phi) is 14.4. The van der Waals surface area contributed by atoms with Crippen LogP contribution in [-0.4, -0.2) is 38.8 Å². The molecule has 4 nitrogen and oxygen atoms in total. The van der Waals surface area contributed by atoms with Crippen LogP contribution in [-0.2, 0) is 4.74 Å². The van der Waals surface area contributed by atoms with Gasteiger partial charge in [-0.25, -0.2) is 0 Å². The lowest BCUT2D eigenvalue weighted by molar-refractivity contribution is 0.153. The number of ether oxygens (including phenoxy) is 1. The molecule has 2 N–H and O–H groups in total. The Morgan fingerprint density at radius 1 is 1.24 bits per heavy atom. The van der Waals surface area contributed by atoms with Crippen LogP contribution in [0.15, 0.2) is 16.6 Å². The molecule has 0 fully saturated rings. The summed E-state index contributed by atoms with van der Waals surface area (Å²) in [6.45, 7) is 8.78. The van der Waals surface area contributed by atoms with Crippen LogP contribution in [0.5, 0.6) is 0 Å². The molecule has 0 aliphatic carbocycles. The van der Waals surface area contributed by atoms with Crippen molar-refractivity contribution >= 4 is 29.9 Å². The number of rotatable bonds is 9. The van der Waals surface area contributed by atoms with Gasteiger partial charge in [-0.3, -0.25) is 4.99 Å². The molecular weight excluding hydrogens is 377 g/mol. The van der Waals surface area contributed by atoms with E-state index >= 15 is 0 Å². The smallest absolute Gasteiger partial charge is 0.191 e. The van der Waals surface area contributed by atoms with Gasteiger partial charge in [0.1, 0.15) is 0 Å². The zero-order valence-corrected chi connectivity index (χ0v) is 15.9. The first-order valence-electron chi connectivity index (χ1n) is 8.14. The maximum Gasteiger partial charge on any atom is 0.191 e. The molecule has 1 aliphatic rings. The monoisotopic (exact) mass is 409 g/mol. The first-order valence-corrected chi connectivity index (χ1v) is 8.14. The molecule has 0 atom stereocenters. The van der Waals surface area contributed by atoms with Gasteiger partial charge in [0.15, 0.2) is 5.96 Å². The molecule has 0 aromatic rings. The first-order chi connectivity index (χ1) is 9.86. The van der Waals surface area contributed by atoms with E-state index in [9.17, 15) is 0 Å². The molecule has 0 bridgehead atoms. The Labute approximate surface area is 147 Å². The summed E-state index contributed by atoms with van der Waals surface area (Å²) in [5.41, 5.74) is 1.50. The number of hydrogen-bond acceptors (Lipinski definition) is 2. The minimum absolute atomic E-state index is 0. The van der Waals surface area contributed by atoms with Crippen LogP contribution in [0.4, 0.5) is 0 Å². The van der Waals surface area contributed by atoms with E-state index in [0.717, 1.165) is 51.6 Å². The molecule has 124 valence electrons. The number of aliphatic imine (C=N–C) groups is 1. The van der Waals surface area contributed by atoms with Crippen molar-refractivity contribution < 1.29 is 4.74 Å². The van der Waals surface area contributed by atoms with E-state index in [0.29, 0.717) is 0 Å². The fourth-order valence-electron chi connectivity index (χ4n) is 2.21. The second kappa shape index (κ2) is 14.6. The molecule has 0 aromatic heterocycles. The maximum atomic E-state index is 5.32. The fraction of sp³-hybridized carbons (Fsp3) is 0.812. The summed E-state index contributed by atoms with van der Waals surface area (Å²) >= 11 is 0. The van der Waals surface area contributed by atoms with Gasteiger partial charge in [-0.05, 0) is 26.2 Å². The predicted molar refractivity (Wildman–Crippen MR) is 102 cm³/mol. The Morgan fingerprint density at radius 2 is 2.10 bits per heavy atom. The standard InChI is InChI=1S/C16H31N3O.HI/c1-3-5-6-7-11-18-16(17-4-2)19-12-8-15-9-13-20-14-10-15;/h9H,3-8,10-14H2,1-2H3,(H2,17,18,19);1H. The largest absolute Gasteiger partial charge is 0.377 e. The van der Waals surface area contributed by atoms with Gasteiger partial charge >= 0.3 is 0 Å². The number of nitrogens with one attached hydrogen (secondary N) is 2. The molecule has 5 heteroatoms. The Balaban J connectivity index is 0.00000400. The highest BCUT2D eigenvalue weighted by Crippen LogP contribution is 2.10. The third-order valence-electron chi connectivity index (χ3n) is 3.42. The van der Waals surface area contributed by atoms with E-state index in [-0.39, 0.29) is 24.0 Å². The average molecular weight is 409 g/mol. The Morgan fingerprint density at radius 3 is 2.76 bits per heavy atom. The zero-order chi connectivity index (χ0) is 14.5. The summed E-state index contributed by atoms with van der Waals surface area (Å²) in [5, 5.41) is 6.72. The first kappa shape index (κ1) is 20.7. The minimum atomic E-state index is 0. The highest BCUT2D eigenvalue weighted by Gasteiger charge is 2.03. The van der Waals surface area contributed by atoms with Crippen LogP contribution in [0.25, 0.3) is 0 Å². The van der Waals surface area contributed by atoms with E-state index < -0.39 is 0 Å².